The molecular weight excluding hydrogens is 1590 g/mol. The monoisotopic (exact) mass is 1700 g/mol. The third-order valence-corrected chi connectivity index (χ3v) is 20.6. The fourth-order valence-corrected chi connectivity index (χ4v) is 14.0. The molecule has 0 radical (unpaired) electrons. The lowest BCUT2D eigenvalue weighted by Gasteiger charge is -2.37. The van der Waals surface area contributed by atoms with Crippen molar-refractivity contribution in [3.05, 3.63) is 228 Å². The number of hydrogen-bond donors (Lipinski definition) is 19. The Kier molecular flexibility index (Phi) is 39.5. The van der Waals surface area contributed by atoms with E-state index in [1.165, 1.54) is 31.2 Å². The second kappa shape index (κ2) is 50.4. The molecule has 14 amide bonds. The van der Waals surface area contributed by atoms with E-state index in [-0.39, 0.29) is 82.1 Å². The molecule has 124 heavy (non-hydrogen) atoms. The van der Waals surface area contributed by atoms with Gasteiger partial charge in [0.15, 0.2) is 5.96 Å². The van der Waals surface area contributed by atoms with Crippen LogP contribution in [-0.4, -0.2) is 177 Å². The number of nitrogens with zero attached hydrogens (tertiary/aromatic N) is 2. The molecule has 10 atom stereocenters. The van der Waals surface area contributed by atoms with Gasteiger partial charge in [0.1, 0.15) is 65.7 Å². The maximum absolute atomic E-state index is 15.3. The number of rotatable bonds is 54. The summed E-state index contributed by atoms with van der Waals surface area (Å²) in [6, 6.07) is 36.5. The molecule has 35 nitrogen and oxygen atoms in total. The average Bonchev–Trinajstić information content (AvgIpc) is 1.34. The fourth-order valence-electron chi connectivity index (χ4n) is 14.0. The Morgan fingerprint density at radius 2 is 0.782 bits per heavy atom. The number of phenols is 1. The van der Waals surface area contributed by atoms with Crippen LogP contribution < -0.4 is 92.9 Å². The summed E-state index contributed by atoms with van der Waals surface area (Å²) in [5.74, 6) is -13.8. The van der Waals surface area contributed by atoms with Crippen molar-refractivity contribution in [1.29, 1.82) is 5.41 Å². The van der Waals surface area contributed by atoms with E-state index in [2.05, 4.69) is 65.4 Å². The highest BCUT2D eigenvalue weighted by Crippen LogP contribution is 2.41. The van der Waals surface area contributed by atoms with Crippen LogP contribution in [0.4, 0.5) is 0 Å². The predicted octanol–water partition coefficient (Wildman–Crippen LogP) is 1.21. The summed E-state index contributed by atoms with van der Waals surface area (Å²) in [6.07, 6.45) is 5.24. The van der Waals surface area contributed by atoms with E-state index < -0.39 is 175 Å². The zero-order valence-electron chi connectivity index (χ0n) is 69.7. The summed E-state index contributed by atoms with van der Waals surface area (Å²) in [5.41, 5.74) is 38.4. The summed E-state index contributed by atoms with van der Waals surface area (Å²) < 4.78 is 1.97. The van der Waals surface area contributed by atoms with E-state index in [4.69, 9.17) is 44.8 Å². The number of aromatic hydroxyl groups is 1. The first-order valence-electron chi connectivity index (χ1n) is 41.5. The van der Waals surface area contributed by atoms with Gasteiger partial charge in [0.05, 0.1) is 24.5 Å². The van der Waals surface area contributed by atoms with Crippen molar-refractivity contribution in [3.8, 4) is 5.75 Å². The largest absolute Gasteiger partial charge is 0.508 e. The molecular formula is C89H116N20O15. The first-order chi connectivity index (χ1) is 59.4. The summed E-state index contributed by atoms with van der Waals surface area (Å²) in [5, 5.41) is 46.4. The lowest BCUT2D eigenvalue weighted by molar-refractivity contribution is -0.136. The first kappa shape index (κ1) is 97.3. The summed E-state index contributed by atoms with van der Waals surface area (Å²) in [7, 11) is 0. The molecule has 7 rings (SSSR count). The molecule has 0 bridgehead atoms. The highest BCUT2D eigenvalue weighted by atomic mass is 16.3. The molecule has 0 saturated heterocycles. The Morgan fingerprint density at radius 3 is 1.25 bits per heavy atom. The Balaban J connectivity index is 1.12. The topological polar surface area (TPSA) is 589 Å². The van der Waals surface area contributed by atoms with Crippen molar-refractivity contribution in [1.82, 2.24) is 68.0 Å². The Bertz CT molecular complexity index is 4610. The first-order valence-corrected chi connectivity index (χ1v) is 41.5. The summed E-state index contributed by atoms with van der Waals surface area (Å²) in [4.78, 5) is 199. The van der Waals surface area contributed by atoms with Crippen molar-refractivity contribution in [2.75, 3.05) is 13.1 Å². The van der Waals surface area contributed by atoms with Gasteiger partial charge in [0, 0.05) is 64.2 Å². The van der Waals surface area contributed by atoms with Crippen LogP contribution in [0.2, 0.25) is 0 Å². The third kappa shape index (κ3) is 31.9. The average molecular weight is 1710 g/mol. The standard InChI is InChI=1S/C89H116N20O15/c1-3-4-5-6-22-38-77(114)97-47-24-23-36-66(102-80(117)65(90)52-63-54-109(55-99-63)89(60-30-16-9-17-31-60,61-32-18-10-19-33-61)62-34-20-11-21-35-62)83(120)106-71(50-58-28-14-8-15-29-58)86(123)107-72(51-59-39-41-64(110)42-40-59)85(122)104-69(44-46-75(92)112)84(121)108-73(53-76(93)113)87(124)103-68(43-45-74(91)111)81(118)100-56(2)79(116)101-67(37-25-48-98-88(95)96)82(119)105-70(78(94)115)49-57-26-12-7-13-27-57/h7-21,26-35,39-42,54-56,65-73,110H,3-6,22-25,36-38,43-53,90H2,1-2H3,(H2,91,111)(H2,92,112)(H2,93,113)(H2,94,115)(H,97,114)(H,100,118)(H,101,116)(H,102,117)(H,103,124)(H,104,122)(H,105,119)(H,106,120)(H,107,123)(H,108,121)(H4,95,96,98)/t56-,65-,66-,67-,68-,69-,70-,71-,72-,73-/m0/s1. The van der Waals surface area contributed by atoms with Gasteiger partial charge in [-0.15, -0.1) is 0 Å². The van der Waals surface area contributed by atoms with Crippen LogP contribution >= 0.6 is 0 Å². The van der Waals surface area contributed by atoms with E-state index in [0.29, 0.717) is 35.2 Å². The van der Waals surface area contributed by atoms with Crippen LogP contribution in [0, 0.1) is 5.41 Å². The molecule has 1 heterocycles. The highest BCUT2D eigenvalue weighted by molar-refractivity contribution is 6.00. The molecule has 1 aromatic heterocycles. The second-order valence-corrected chi connectivity index (χ2v) is 30.4. The molecule has 662 valence electrons. The maximum Gasteiger partial charge on any atom is 0.243 e. The SMILES string of the molecule is CCCCCCCC(=O)NCCCC[C@H](NC(=O)[C@@H](N)Cc1cn(C(c2ccccc2)(c2ccccc2)c2ccccc2)cn1)C(=O)N[C@@H](Cc1ccccc1)C(=O)N[C@@H](Cc1ccc(O)cc1)C(=O)N[C@@H](CCC(N)=O)C(=O)N[C@@H](CC(N)=O)C(=O)N[C@@H](CCC(N)=O)C(=O)N[C@@H](C)C(=O)N[C@@H](CCCNC(=N)N)C(=O)N[C@@H](Cc1ccccc1)C(N)=O. The number of primary amides is 4. The minimum atomic E-state index is -2.00. The molecule has 6 aromatic carbocycles. The molecule has 0 unspecified atom stereocenters. The van der Waals surface area contributed by atoms with Gasteiger partial charge >= 0.3 is 0 Å². The van der Waals surface area contributed by atoms with Crippen LogP contribution in [0.3, 0.4) is 0 Å². The van der Waals surface area contributed by atoms with Crippen molar-refractivity contribution < 1.29 is 72.2 Å². The zero-order chi connectivity index (χ0) is 90.1. The molecule has 0 saturated carbocycles. The van der Waals surface area contributed by atoms with Gasteiger partial charge in [0.2, 0.25) is 82.7 Å². The molecule has 0 fully saturated rings. The number of carbonyl (C=O) groups excluding carboxylic acids is 14. The van der Waals surface area contributed by atoms with Crippen molar-refractivity contribution in [2.45, 2.75) is 208 Å². The number of unbranched alkanes of at least 4 members (excludes halogenated alkanes) is 5. The van der Waals surface area contributed by atoms with E-state index in [0.717, 1.165) is 48.8 Å². The number of aromatic nitrogens is 2. The van der Waals surface area contributed by atoms with Crippen LogP contribution in [-0.2, 0) is 98.3 Å². The number of guanidine groups is 1. The van der Waals surface area contributed by atoms with E-state index >= 15 is 14.4 Å². The van der Waals surface area contributed by atoms with Gasteiger partial charge < -0.3 is 103 Å². The van der Waals surface area contributed by atoms with Gasteiger partial charge in [-0.3, -0.25) is 72.5 Å². The lowest BCUT2D eigenvalue weighted by atomic mass is 9.77. The molecule has 7 aromatic rings. The van der Waals surface area contributed by atoms with Crippen molar-refractivity contribution in [3.63, 3.8) is 0 Å². The number of carbonyl (C=O) groups is 14. The molecule has 0 aliphatic rings. The molecule has 35 heteroatoms. The Labute approximate surface area is 719 Å². The van der Waals surface area contributed by atoms with Crippen LogP contribution in [0.25, 0.3) is 0 Å². The maximum atomic E-state index is 15.3. The van der Waals surface area contributed by atoms with Crippen LogP contribution in [0.1, 0.15) is 156 Å². The fraction of sp³-hybridized carbons (Fsp3) is 0.393. The molecule has 0 aliphatic heterocycles. The Morgan fingerprint density at radius 1 is 0.395 bits per heavy atom. The van der Waals surface area contributed by atoms with Crippen molar-refractivity contribution in [2.24, 2.45) is 34.4 Å². The normalized spacial score (nSPS) is 13.5. The number of hydrogen-bond acceptors (Lipinski definition) is 18. The minimum Gasteiger partial charge on any atom is -0.508 e. The van der Waals surface area contributed by atoms with Crippen LogP contribution in [0.15, 0.2) is 188 Å². The Hall–Kier alpha value is -13.9. The smallest absolute Gasteiger partial charge is 0.243 e. The van der Waals surface area contributed by atoms with Crippen molar-refractivity contribution >= 4 is 88.7 Å². The third-order valence-electron chi connectivity index (χ3n) is 20.6. The molecule has 25 N–H and O–H groups in total. The summed E-state index contributed by atoms with van der Waals surface area (Å²) in [6.45, 7) is 3.64. The number of amides is 14. The minimum absolute atomic E-state index is 0.0115. The number of nitrogens with two attached hydrogens (primary N) is 6. The van der Waals surface area contributed by atoms with Gasteiger partial charge in [-0.05, 0) is 104 Å². The number of benzene rings is 6. The number of phenolic OH excluding ortho intramolecular Hbond substituents is 1. The second-order valence-electron chi connectivity index (χ2n) is 30.4. The number of imidazole rings is 1. The lowest BCUT2D eigenvalue weighted by Crippen LogP contribution is -2.61. The molecule has 0 aliphatic carbocycles. The van der Waals surface area contributed by atoms with Gasteiger partial charge in [-0.25, -0.2) is 4.98 Å². The van der Waals surface area contributed by atoms with E-state index in [1.807, 2.05) is 102 Å². The van der Waals surface area contributed by atoms with Gasteiger partial charge in [0.25, 0.3) is 0 Å². The molecule has 0 spiro atoms. The number of nitrogens with one attached hydrogen (secondary N) is 12. The van der Waals surface area contributed by atoms with Crippen LogP contribution in [0.5, 0.6) is 5.75 Å². The van der Waals surface area contributed by atoms with Gasteiger partial charge in [-0.1, -0.05) is 196 Å². The van der Waals surface area contributed by atoms with E-state index in [9.17, 15) is 57.8 Å². The zero-order valence-corrected chi connectivity index (χ0v) is 69.7. The highest BCUT2D eigenvalue weighted by Gasteiger charge is 2.40. The van der Waals surface area contributed by atoms with Gasteiger partial charge in [-0.2, -0.15) is 0 Å². The van der Waals surface area contributed by atoms with E-state index in [1.54, 1.807) is 67.0 Å². The quantitative estimate of drug-likeness (QED) is 0.0110. The predicted molar refractivity (Wildman–Crippen MR) is 463 cm³/mol. The summed E-state index contributed by atoms with van der Waals surface area (Å²) >= 11 is 0.